The van der Waals surface area contributed by atoms with Gasteiger partial charge in [-0.2, -0.15) is 0 Å². The highest BCUT2D eigenvalue weighted by Crippen LogP contribution is 2.43. The monoisotopic (exact) mass is 267 g/mol. The molecular weight excluding hydrogens is 242 g/mol. The fraction of sp³-hybridized carbons (Fsp3) is 0.474. The number of rotatable bonds is 0. The summed E-state index contributed by atoms with van der Waals surface area (Å²) in [4.78, 5) is 0. The lowest BCUT2D eigenvalue weighted by molar-refractivity contribution is -0.682. The number of pyridine rings is 1. The van der Waals surface area contributed by atoms with Gasteiger partial charge in [-0.1, -0.05) is 59.7 Å². The van der Waals surface area contributed by atoms with Gasteiger partial charge >= 0.3 is 0 Å². The molecule has 1 aliphatic heterocycles. The highest BCUT2D eigenvalue weighted by atomic mass is 15.0. The van der Waals surface area contributed by atoms with Crippen molar-refractivity contribution < 1.29 is 4.57 Å². The number of benzene rings is 1. The lowest BCUT2D eigenvalue weighted by Gasteiger charge is -2.41. The molecule has 1 aliphatic rings. The average Bonchev–Trinajstić information content (AvgIpc) is 2.25. The predicted molar refractivity (Wildman–Crippen MR) is 84.7 cm³/mol. The van der Waals surface area contributed by atoms with Crippen molar-refractivity contribution in [3.05, 3.63) is 48.3 Å². The molecule has 0 saturated heterocycles. The number of aromatic nitrogens is 1. The quantitative estimate of drug-likeness (QED) is 0.486. The van der Waals surface area contributed by atoms with Gasteiger partial charge in [0.2, 0.25) is 0 Å². The van der Waals surface area contributed by atoms with Crippen LogP contribution in [0, 0.1) is 12.0 Å². The maximum absolute atomic E-state index is 2.35. The van der Waals surface area contributed by atoms with Crippen LogP contribution in [0.25, 0.3) is 10.8 Å². The van der Waals surface area contributed by atoms with Gasteiger partial charge in [0.15, 0.2) is 0 Å². The van der Waals surface area contributed by atoms with Gasteiger partial charge < -0.3 is 4.57 Å². The van der Waals surface area contributed by atoms with Crippen molar-refractivity contribution in [1.29, 1.82) is 0 Å². The van der Waals surface area contributed by atoms with Crippen LogP contribution in [0.1, 0.15) is 58.7 Å². The molecule has 1 nitrogen and oxygen atoms in total. The summed E-state index contributed by atoms with van der Waals surface area (Å²) in [7, 11) is 0. The van der Waals surface area contributed by atoms with E-state index >= 15 is 0 Å². The summed E-state index contributed by atoms with van der Waals surface area (Å²) in [5.74, 6) is 0.543. The Hall–Kier alpha value is -1.50. The second kappa shape index (κ2) is 4.00. The van der Waals surface area contributed by atoms with E-state index in [0.29, 0.717) is 5.92 Å². The second-order valence-corrected chi connectivity index (χ2v) is 8.12. The molecule has 1 heteroatoms. The Morgan fingerprint density at radius 3 is 2.25 bits per heavy atom. The van der Waals surface area contributed by atoms with Crippen molar-refractivity contribution in [2.24, 2.45) is 5.41 Å². The molecule has 0 bridgehead atoms. The van der Waals surface area contributed by atoms with Gasteiger partial charge in [0.05, 0.1) is 11.9 Å². The molecule has 1 aromatic heterocycles. The first-order chi connectivity index (χ1) is 9.19. The van der Waals surface area contributed by atoms with Crippen molar-refractivity contribution in [2.45, 2.75) is 52.9 Å². The summed E-state index contributed by atoms with van der Waals surface area (Å²) in [6, 6.07) is 9.03. The third-order valence-corrected chi connectivity index (χ3v) is 4.41. The fourth-order valence-corrected chi connectivity index (χ4v) is 3.24. The van der Waals surface area contributed by atoms with Crippen LogP contribution < -0.4 is 4.57 Å². The molecule has 0 spiro atoms. The maximum Gasteiger partial charge on any atom is 0.0914 e. The summed E-state index contributed by atoms with van der Waals surface area (Å²) in [6.07, 6.45) is 2.22. The second-order valence-electron chi connectivity index (χ2n) is 8.12. The van der Waals surface area contributed by atoms with Gasteiger partial charge in [0, 0.05) is 12.5 Å². The van der Waals surface area contributed by atoms with Gasteiger partial charge in [-0.15, -0.1) is 0 Å². The van der Waals surface area contributed by atoms with Gasteiger partial charge in [-0.3, -0.25) is 0 Å². The molecule has 0 amide bonds. The first kappa shape index (κ1) is 13.5. The summed E-state index contributed by atoms with van der Waals surface area (Å²) >= 11 is 0. The predicted octanol–water partition coefficient (Wildman–Crippen LogP) is 4.58. The Bertz CT molecular complexity index is 668. The SMILES string of the molecule is CC(C)(C)c1cccc2c3[n+](ccc12)[CH-]C3C(C)(C)C. The highest BCUT2D eigenvalue weighted by molar-refractivity contribution is 5.88. The van der Waals surface area contributed by atoms with Crippen LogP contribution in [0.4, 0.5) is 0 Å². The number of fused-ring (bicyclic) bond motifs is 3. The van der Waals surface area contributed by atoms with E-state index in [4.69, 9.17) is 0 Å². The van der Waals surface area contributed by atoms with Crippen LogP contribution in [-0.4, -0.2) is 0 Å². The lowest BCUT2D eigenvalue weighted by atomic mass is 9.72. The molecule has 106 valence electrons. The third kappa shape index (κ3) is 1.91. The minimum atomic E-state index is 0.184. The zero-order valence-electron chi connectivity index (χ0n) is 13.5. The molecule has 2 heterocycles. The van der Waals surface area contributed by atoms with Crippen molar-refractivity contribution in [2.75, 3.05) is 0 Å². The van der Waals surface area contributed by atoms with E-state index in [1.165, 1.54) is 22.0 Å². The third-order valence-electron chi connectivity index (χ3n) is 4.41. The molecule has 2 aromatic rings. The van der Waals surface area contributed by atoms with E-state index in [2.05, 4.69) is 83.1 Å². The number of nitrogens with zero attached hydrogens (tertiary/aromatic N) is 1. The van der Waals surface area contributed by atoms with Crippen molar-refractivity contribution in [1.82, 2.24) is 0 Å². The minimum absolute atomic E-state index is 0.184. The summed E-state index contributed by atoms with van der Waals surface area (Å²) in [5, 5.41) is 2.83. The van der Waals surface area contributed by atoms with Crippen LogP contribution in [-0.2, 0) is 5.41 Å². The standard InChI is InChI=1S/C19H25N/c1-18(2,3)15-9-7-8-14-13(15)10-11-20-12-16(17(14)20)19(4,5)6/h7-12,16H,1-6H3. The van der Waals surface area contributed by atoms with E-state index in [-0.39, 0.29) is 10.8 Å². The van der Waals surface area contributed by atoms with Crippen LogP contribution in [0.2, 0.25) is 0 Å². The summed E-state index contributed by atoms with van der Waals surface area (Å²) in [6.45, 7) is 16.2. The Balaban J connectivity index is 2.26. The molecule has 1 atom stereocenters. The van der Waals surface area contributed by atoms with Gasteiger partial charge in [-0.25, -0.2) is 0 Å². The first-order valence-electron chi connectivity index (χ1n) is 7.52. The Morgan fingerprint density at radius 1 is 0.950 bits per heavy atom. The van der Waals surface area contributed by atoms with E-state index < -0.39 is 0 Å². The highest BCUT2D eigenvalue weighted by Gasteiger charge is 2.38. The first-order valence-corrected chi connectivity index (χ1v) is 7.52. The minimum Gasteiger partial charge on any atom is -0.334 e. The van der Waals surface area contributed by atoms with E-state index in [1.54, 1.807) is 0 Å². The van der Waals surface area contributed by atoms with Gasteiger partial charge in [-0.05, 0) is 33.2 Å². The van der Waals surface area contributed by atoms with Crippen molar-refractivity contribution in [3.8, 4) is 0 Å². The van der Waals surface area contributed by atoms with Crippen LogP contribution in [0.5, 0.6) is 0 Å². The van der Waals surface area contributed by atoms with E-state index in [0.717, 1.165) is 0 Å². The smallest absolute Gasteiger partial charge is 0.0914 e. The molecule has 1 aromatic carbocycles. The fourth-order valence-electron chi connectivity index (χ4n) is 3.24. The topological polar surface area (TPSA) is 3.88 Å². The molecule has 0 N–H and O–H groups in total. The molecule has 20 heavy (non-hydrogen) atoms. The molecular formula is C19H25N. The normalized spacial score (nSPS) is 18.4. The zero-order valence-corrected chi connectivity index (χ0v) is 13.5. The van der Waals surface area contributed by atoms with Gasteiger partial charge in [0.25, 0.3) is 0 Å². The molecule has 0 radical (unpaired) electrons. The molecule has 3 rings (SSSR count). The summed E-state index contributed by atoms with van der Waals surface area (Å²) < 4.78 is 2.30. The molecule has 0 aliphatic carbocycles. The number of hydrogen-bond donors (Lipinski definition) is 0. The van der Waals surface area contributed by atoms with Gasteiger partial charge in [0.1, 0.15) is 0 Å². The Morgan fingerprint density at radius 2 is 1.65 bits per heavy atom. The zero-order chi connectivity index (χ0) is 14.7. The molecule has 0 saturated carbocycles. The van der Waals surface area contributed by atoms with E-state index in [9.17, 15) is 0 Å². The van der Waals surface area contributed by atoms with Crippen LogP contribution in [0.3, 0.4) is 0 Å². The maximum atomic E-state index is 2.35. The summed E-state index contributed by atoms with van der Waals surface area (Å²) in [5.41, 5.74) is 3.38. The Labute approximate surface area is 122 Å². The average molecular weight is 267 g/mol. The Kier molecular flexibility index (Phi) is 2.70. The molecule has 0 fully saturated rings. The lowest BCUT2D eigenvalue weighted by Crippen LogP contribution is -2.53. The number of hydrogen-bond acceptors (Lipinski definition) is 0. The molecule has 1 unspecified atom stereocenters. The van der Waals surface area contributed by atoms with Crippen LogP contribution >= 0.6 is 0 Å². The van der Waals surface area contributed by atoms with Crippen molar-refractivity contribution >= 4 is 10.8 Å². The largest absolute Gasteiger partial charge is 0.334 e. The van der Waals surface area contributed by atoms with Crippen molar-refractivity contribution in [3.63, 3.8) is 0 Å². The van der Waals surface area contributed by atoms with Crippen LogP contribution in [0.15, 0.2) is 30.5 Å². The van der Waals surface area contributed by atoms with E-state index in [1.807, 2.05) is 0 Å².